The molecular formula is C17H25N3O2S. The van der Waals surface area contributed by atoms with Crippen molar-refractivity contribution in [3.05, 3.63) is 34.2 Å². The van der Waals surface area contributed by atoms with Crippen LogP contribution in [0.4, 0.5) is 0 Å². The van der Waals surface area contributed by atoms with Crippen LogP contribution in [0.3, 0.4) is 0 Å². The van der Waals surface area contributed by atoms with Gasteiger partial charge in [0.15, 0.2) is 0 Å². The standard InChI is InChI=1S/C17H25N3O2S/c1-19-7-2-3-15(17(19)22)16(21)18-11-13-4-8-20(9-5-13)14-6-10-23-12-14/h2-3,7,13-14H,4-6,8-12H2,1H3,(H,18,21). The van der Waals surface area contributed by atoms with Crippen LogP contribution in [0.2, 0.25) is 0 Å². The molecule has 1 N–H and O–H groups in total. The molecule has 0 saturated carbocycles. The van der Waals surface area contributed by atoms with Crippen molar-refractivity contribution in [2.75, 3.05) is 31.1 Å². The van der Waals surface area contributed by atoms with E-state index in [1.54, 1.807) is 25.4 Å². The van der Waals surface area contributed by atoms with Crippen molar-refractivity contribution in [1.82, 2.24) is 14.8 Å². The molecule has 1 aromatic rings. The Morgan fingerprint density at radius 3 is 2.83 bits per heavy atom. The van der Waals surface area contributed by atoms with E-state index in [4.69, 9.17) is 0 Å². The van der Waals surface area contributed by atoms with E-state index in [-0.39, 0.29) is 17.0 Å². The number of hydrogen-bond acceptors (Lipinski definition) is 4. The molecule has 126 valence electrons. The Morgan fingerprint density at radius 2 is 2.13 bits per heavy atom. The Morgan fingerprint density at radius 1 is 1.35 bits per heavy atom. The van der Waals surface area contributed by atoms with Gasteiger partial charge in [0.05, 0.1) is 0 Å². The summed E-state index contributed by atoms with van der Waals surface area (Å²) in [4.78, 5) is 26.8. The molecule has 0 aliphatic carbocycles. The van der Waals surface area contributed by atoms with Gasteiger partial charge in [-0.2, -0.15) is 11.8 Å². The number of carbonyl (C=O) groups excluding carboxylic acids is 1. The van der Waals surface area contributed by atoms with Gasteiger partial charge in [0, 0.05) is 31.6 Å². The zero-order valence-electron chi connectivity index (χ0n) is 13.7. The van der Waals surface area contributed by atoms with Gasteiger partial charge in [-0.1, -0.05) is 0 Å². The van der Waals surface area contributed by atoms with Crippen LogP contribution in [-0.2, 0) is 7.05 Å². The third-order valence-electron chi connectivity index (χ3n) is 4.99. The highest BCUT2D eigenvalue weighted by atomic mass is 32.2. The van der Waals surface area contributed by atoms with Gasteiger partial charge >= 0.3 is 0 Å². The highest BCUT2D eigenvalue weighted by molar-refractivity contribution is 7.99. The Bertz CT molecular complexity index is 602. The van der Waals surface area contributed by atoms with Crippen molar-refractivity contribution in [3.8, 4) is 0 Å². The van der Waals surface area contributed by atoms with Crippen LogP contribution in [0, 0.1) is 5.92 Å². The number of amides is 1. The van der Waals surface area contributed by atoms with Gasteiger partial charge in [0.2, 0.25) is 0 Å². The predicted octanol–water partition coefficient (Wildman–Crippen LogP) is 1.33. The van der Waals surface area contributed by atoms with Crippen LogP contribution in [0.1, 0.15) is 29.6 Å². The van der Waals surface area contributed by atoms with Crippen LogP contribution < -0.4 is 10.9 Å². The third-order valence-corrected chi connectivity index (χ3v) is 6.14. The number of aromatic nitrogens is 1. The Balaban J connectivity index is 1.47. The molecule has 1 atom stereocenters. The first-order chi connectivity index (χ1) is 11.1. The fraction of sp³-hybridized carbons (Fsp3) is 0.647. The lowest BCUT2D eigenvalue weighted by Gasteiger charge is -2.35. The largest absolute Gasteiger partial charge is 0.352 e. The smallest absolute Gasteiger partial charge is 0.263 e. The minimum Gasteiger partial charge on any atom is -0.352 e. The van der Waals surface area contributed by atoms with E-state index in [0.717, 1.165) is 32.0 Å². The maximum absolute atomic E-state index is 12.2. The second kappa shape index (κ2) is 7.53. The van der Waals surface area contributed by atoms with Gasteiger partial charge in [-0.25, -0.2) is 0 Å². The van der Waals surface area contributed by atoms with Gasteiger partial charge in [-0.05, 0) is 56.2 Å². The van der Waals surface area contributed by atoms with E-state index in [9.17, 15) is 9.59 Å². The number of pyridine rings is 1. The molecule has 5 nitrogen and oxygen atoms in total. The minimum atomic E-state index is -0.249. The normalized spacial score (nSPS) is 23.1. The van der Waals surface area contributed by atoms with E-state index in [2.05, 4.69) is 22.0 Å². The van der Waals surface area contributed by atoms with Gasteiger partial charge in [0.25, 0.3) is 11.5 Å². The highest BCUT2D eigenvalue weighted by Crippen LogP contribution is 2.26. The first-order valence-electron chi connectivity index (χ1n) is 8.41. The SMILES string of the molecule is Cn1cccc(C(=O)NCC2CCN(C3CCSC3)CC2)c1=O. The molecule has 2 saturated heterocycles. The summed E-state index contributed by atoms with van der Waals surface area (Å²) in [7, 11) is 1.66. The first-order valence-corrected chi connectivity index (χ1v) is 9.56. The molecule has 3 rings (SSSR count). The van der Waals surface area contributed by atoms with Crippen molar-refractivity contribution in [2.45, 2.75) is 25.3 Å². The lowest BCUT2D eigenvalue weighted by molar-refractivity contribution is 0.0926. The lowest BCUT2D eigenvalue weighted by atomic mass is 9.95. The molecule has 1 unspecified atom stereocenters. The molecule has 0 aromatic carbocycles. The number of rotatable bonds is 4. The summed E-state index contributed by atoms with van der Waals surface area (Å²) in [5, 5.41) is 2.95. The van der Waals surface area contributed by atoms with Crippen molar-refractivity contribution >= 4 is 17.7 Å². The van der Waals surface area contributed by atoms with Gasteiger partial charge in [-0.3, -0.25) is 14.5 Å². The first kappa shape index (κ1) is 16.6. The highest BCUT2D eigenvalue weighted by Gasteiger charge is 2.27. The molecule has 3 heterocycles. The molecule has 2 aliphatic rings. The maximum atomic E-state index is 12.2. The summed E-state index contributed by atoms with van der Waals surface area (Å²) in [6.45, 7) is 2.95. The predicted molar refractivity (Wildman–Crippen MR) is 94.0 cm³/mol. The number of carbonyl (C=O) groups is 1. The number of aryl methyl sites for hydroxylation is 1. The topological polar surface area (TPSA) is 54.3 Å². The maximum Gasteiger partial charge on any atom is 0.263 e. The number of hydrogen-bond donors (Lipinski definition) is 1. The van der Waals surface area contributed by atoms with E-state index >= 15 is 0 Å². The summed E-state index contributed by atoms with van der Waals surface area (Å²) in [5.74, 6) is 2.85. The van der Waals surface area contributed by atoms with E-state index in [0.29, 0.717) is 12.5 Å². The molecule has 2 fully saturated rings. The van der Waals surface area contributed by atoms with Crippen LogP contribution in [0.25, 0.3) is 0 Å². The summed E-state index contributed by atoms with van der Waals surface area (Å²) >= 11 is 2.06. The van der Waals surface area contributed by atoms with Crippen LogP contribution in [0.5, 0.6) is 0 Å². The molecule has 2 aliphatic heterocycles. The monoisotopic (exact) mass is 335 g/mol. The van der Waals surface area contributed by atoms with E-state index in [1.165, 1.54) is 22.5 Å². The van der Waals surface area contributed by atoms with Crippen LogP contribution in [0.15, 0.2) is 23.1 Å². The second-order valence-electron chi connectivity index (χ2n) is 6.54. The Kier molecular flexibility index (Phi) is 5.43. The summed E-state index contributed by atoms with van der Waals surface area (Å²) in [6, 6.07) is 4.09. The van der Waals surface area contributed by atoms with Gasteiger partial charge < -0.3 is 9.88 Å². The van der Waals surface area contributed by atoms with Crippen molar-refractivity contribution in [3.63, 3.8) is 0 Å². The molecule has 6 heteroatoms. The van der Waals surface area contributed by atoms with Crippen molar-refractivity contribution in [2.24, 2.45) is 13.0 Å². The van der Waals surface area contributed by atoms with Gasteiger partial charge in [-0.15, -0.1) is 0 Å². The zero-order chi connectivity index (χ0) is 16.2. The van der Waals surface area contributed by atoms with E-state index in [1.807, 2.05) is 0 Å². The zero-order valence-corrected chi connectivity index (χ0v) is 14.5. The fourth-order valence-corrected chi connectivity index (χ4v) is 4.69. The number of nitrogens with zero attached hydrogens (tertiary/aromatic N) is 2. The van der Waals surface area contributed by atoms with Crippen molar-refractivity contribution in [1.29, 1.82) is 0 Å². The number of thioether (sulfide) groups is 1. The summed E-state index contributed by atoms with van der Waals surface area (Å²) in [5.41, 5.74) is -0.00558. The van der Waals surface area contributed by atoms with Crippen LogP contribution >= 0.6 is 11.8 Å². The molecule has 23 heavy (non-hydrogen) atoms. The molecule has 1 aromatic heterocycles. The molecule has 0 spiro atoms. The number of nitrogens with one attached hydrogen (secondary N) is 1. The quantitative estimate of drug-likeness (QED) is 0.902. The lowest BCUT2D eigenvalue weighted by Crippen LogP contribution is -2.44. The molecule has 0 bridgehead atoms. The van der Waals surface area contributed by atoms with Gasteiger partial charge in [0.1, 0.15) is 5.56 Å². The summed E-state index contributed by atoms with van der Waals surface area (Å²) in [6.07, 6.45) is 5.25. The second-order valence-corrected chi connectivity index (χ2v) is 7.69. The molecule has 1 amide bonds. The Hall–Kier alpha value is -1.27. The molecule has 0 radical (unpaired) electrons. The fourth-order valence-electron chi connectivity index (χ4n) is 3.43. The van der Waals surface area contributed by atoms with Crippen LogP contribution in [-0.4, -0.2) is 52.6 Å². The van der Waals surface area contributed by atoms with Crippen molar-refractivity contribution < 1.29 is 4.79 Å². The van der Waals surface area contributed by atoms with E-state index < -0.39 is 0 Å². The minimum absolute atomic E-state index is 0.232. The summed E-state index contributed by atoms with van der Waals surface area (Å²) < 4.78 is 1.44. The third kappa shape index (κ3) is 3.98. The number of likely N-dealkylation sites (tertiary alicyclic amines) is 1. The average Bonchev–Trinajstić information content (AvgIpc) is 3.10. The number of piperidine rings is 1. The average molecular weight is 335 g/mol. The molecular weight excluding hydrogens is 310 g/mol. The Labute approximate surface area is 141 Å².